The zero-order chi connectivity index (χ0) is 18.0. The number of anilines is 1. The van der Waals surface area contributed by atoms with Gasteiger partial charge in [0, 0.05) is 26.2 Å². The molecule has 3 nitrogen and oxygen atoms in total. The van der Waals surface area contributed by atoms with Crippen molar-refractivity contribution in [2.24, 2.45) is 5.10 Å². The number of hydrogen-bond acceptors (Lipinski definition) is 2. The molecule has 0 bridgehead atoms. The van der Waals surface area contributed by atoms with Crippen molar-refractivity contribution in [1.29, 1.82) is 0 Å². The third-order valence-corrected chi connectivity index (χ3v) is 5.33. The lowest BCUT2D eigenvalue weighted by Crippen LogP contribution is -1.99. The van der Waals surface area contributed by atoms with Gasteiger partial charge >= 0.3 is 0 Å². The van der Waals surface area contributed by atoms with Crippen molar-refractivity contribution in [3.05, 3.63) is 79.1 Å². The van der Waals surface area contributed by atoms with Crippen LogP contribution in [0.3, 0.4) is 0 Å². The number of nitrogens with one attached hydrogen (secondary N) is 1. The van der Waals surface area contributed by atoms with Crippen LogP contribution >= 0.6 is 45.8 Å². The maximum absolute atomic E-state index is 6.01. The fourth-order valence-corrected chi connectivity index (χ4v) is 3.31. The van der Waals surface area contributed by atoms with Gasteiger partial charge < -0.3 is 4.57 Å². The van der Waals surface area contributed by atoms with Crippen molar-refractivity contribution in [2.75, 3.05) is 5.43 Å². The summed E-state index contributed by atoms with van der Waals surface area (Å²) in [7, 11) is 0. The lowest BCUT2D eigenvalue weighted by molar-refractivity contribution is 0.964. The number of aromatic nitrogens is 1. The van der Waals surface area contributed by atoms with Crippen LogP contribution in [0.4, 0.5) is 5.69 Å². The van der Waals surface area contributed by atoms with E-state index in [0.717, 1.165) is 28.3 Å². The number of nitrogens with zero attached hydrogens (tertiary/aromatic N) is 2. The smallest absolute Gasteiger partial charge is 0.0613 e. The fourth-order valence-electron chi connectivity index (χ4n) is 2.65. The highest BCUT2D eigenvalue weighted by Crippen LogP contribution is 2.25. The second kappa shape index (κ2) is 7.81. The molecule has 0 aliphatic heterocycles. The third-order valence-electron chi connectivity index (χ3n) is 3.87. The Kier molecular flexibility index (Phi) is 5.71. The Balaban J connectivity index is 1.82. The van der Waals surface area contributed by atoms with Crippen molar-refractivity contribution < 1.29 is 0 Å². The van der Waals surface area contributed by atoms with E-state index in [2.05, 4.69) is 81.9 Å². The Hall–Kier alpha value is -1.50. The fraction of sp³-hybridized carbons (Fsp3) is 0.105. The van der Waals surface area contributed by atoms with Crippen molar-refractivity contribution in [2.45, 2.75) is 13.8 Å². The zero-order valence-corrected chi connectivity index (χ0v) is 17.4. The molecule has 6 heteroatoms. The Bertz CT molecular complexity index is 931. The van der Waals surface area contributed by atoms with Gasteiger partial charge in [0.25, 0.3) is 0 Å². The molecule has 25 heavy (non-hydrogen) atoms. The molecular formula is C19H16Cl2IN3. The van der Waals surface area contributed by atoms with E-state index < -0.39 is 0 Å². The Morgan fingerprint density at radius 2 is 1.72 bits per heavy atom. The maximum atomic E-state index is 6.01. The summed E-state index contributed by atoms with van der Waals surface area (Å²) in [4.78, 5) is 0. The summed E-state index contributed by atoms with van der Waals surface area (Å²) in [5, 5.41) is 5.34. The quantitative estimate of drug-likeness (QED) is 0.258. The molecule has 0 aliphatic carbocycles. The van der Waals surface area contributed by atoms with E-state index >= 15 is 0 Å². The third kappa shape index (κ3) is 4.19. The molecular weight excluding hydrogens is 468 g/mol. The van der Waals surface area contributed by atoms with Gasteiger partial charge in [0.1, 0.15) is 0 Å². The first-order valence-electron chi connectivity index (χ1n) is 7.64. The summed E-state index contributed by atoms with van der Waals surface area (Å²) in [6.45, 7) is 4.18. The van der Waals surface area contributed by atoms with Crippen LogP contribution in [0.15, 0.2) is 53.6 Å². The summed E-state index contributed by atoms with van der Waals surface area (Å²) in [5.41, 5.74) is 8.27. The summed E-state index contributed by atoms with van der Waals surface area (Å²) < 4.78 is 3.44. The molecule has 0 radical (unpaired) electrons. The van der Waals surface area contributed by atoms with E-state index in [-0.39, 0.29) is 0 Å². The number of halogens is 3. The number of benzene rings is 2. The molecule has 0 atom stereocenters. The lowest BCUT2D eigenvalue weighted by Gasteiger charge is -2.09. The van der Waals surface area contributed by atoms with Crippen LogP contribution in [0.2, 0.25) is 10.0 Å². The van der Waals surface area contributed by atoms with Crippen LogP contribution in [0, 0.1) is 17.4 Å². The standard InChI is InChI=1S/C19H16Cl2IN3/c1-12-9-14(11-23-24-16-5-8-18(20)19(21)10-16)13(2)25(12)17-6-3-15(22)4-7-17/h3-11,24H,1-2H3. The van der Waals surface area contributed by atoms with Crippen LogP contribution in [0.1, 0.15) is 17.0 Å². The monoisotopic (exact) mass is 483 g/mol. The van der Waals surface area contributed by atoms with Crippen LogP contribution in [0.25, 0.3) is 5.69 Å². The van der Waals surface area contributed by atoms with Gasteiger partial charge in [0.15, 0.2) is 0 Å². The van der Waals surface area contributed by atoms with Gasteiger partial charge in [-0.25, -0.2) is 0 Å². The summed E-state index contributed by atoms with van der Waals surface area (Å²) in [6, 6.07) is 15.9. The van der Waals surface area contributed by atoms with Gasteiger partial charge in [-0.05, 0) is 85.0 Å². The molecule has 1 N–H and O–H groups in total. The molecule has 2 aromatic carbocycles. The normalized spacial score (nSPS) is 11.2. The highest BCUT2D eigenvalue weighted by atomic mass is 127. The molecule has 0 saturated carbocycles. The Morgan fingerprint density at radius 3 is 2.40 bits per heavy atom. The van der Waals surface area contributed by atoms with Gasteiger partial charge in [-0.2, -0.15) is 5.10 Å². The molecule has 128 valence electrons. The molecule has 0 unspecified atom stereocenters. The van der Waals surface area contributed by atoms with E-state index in [0.29, 0.717) is 10.0 Å². The van der Waals surface area contributed by atoms with Crippen molar-refractivity contribution >= 4 is 57.7 Å². The SMILES string of the molecule is Cc1cc(C=NNc2ccc(Cl)c(Cl)c2)c(C)n1-c1ccc(I)cc1. The zero-order valence-electron chi connectivity index (χ0n) is 13.7. The average molecular weight is 484 g/mol. The first-order valence-corrected chi connectivity index (χ1v) is 9.48. The van der Waals surface area contributed by atoms with Crippen molar-refractivity contribution in [3.63, 3.8) is 0 Å². The molecule has 0 aliphatic rings. The highest BCUT2D eigenvalue weighted by molar-refractivity contribution is 14.1. The molecule has 0 saturated heterocycles. The van der Waals surface area contributed by atoms with E-state index in [1.165, 1.54) is 3.57 Å². The summed E-state index contributed by atoms with van der Waals surface area (Å²) in [5.74, 6) is 0. The molecule has 3 aromatic rings. The van der Waals surface area contributed by atoms with E-state index in [4.69, 9.17) is 23.2 Å². The van der Waals surface area contributed by atoms with E-state index in [9.17, 15) is 0 Å². The first-order chi connectivity index (χ1) is 12.0. The molecule has 3 rings (SSSR count). The largest absolute Gasteiger partial charge is 0.318 e. The predicted octanol–water partition coefficient (Wildman–Crippen LogP) is 6.45. The van der Waals surface area contributed by atoms with Crippen LogP contribution in [0.5, 0.6) is 0 Å². The highest BCUT2D eigenvalue weighted by Gasteiger charge is 2.09. The topological polar surface area (TPSA) is 29.3 Å². The molecule has 0 amide bonds. The first kappa shape index (κ1) is 18.3. The summed E-state index contributed by atoms with van der Waals surface area (Å²) >= 11 is 14.2. The van der Waals surface area contributed by atoms with Gasteiger partial charge in [-0.15, -0.1) is 0 Å². The van der Waals surface area contributed by atoms with Crippen molar-refractivity contribution in [3.8, 4) is 5.69 Å². The predicted molar refractivity (Wildman–Crippen MR) is 116 cm³/mol. The summed E-state index contributed by atoms with van der Waals surface area (Å²) in [6.07, 6.45) is 1.81. The number of hydrazone groups is 1. The number of rotatable bonds is 4. The Morgan fingerprint density at radius 1 is 1.00 bits per heavy atom. The van der Waals surface area contributed by atoms with Gasteiger partial charge in [0.05, 0.1) is 21.9 Å². The van der Waals surface area contributed by atoms with Gasteiger partial charge in [-0.3, -0.25) is 5.43 Å². The van der Waals surface area contributed by atoms with E-state index in [1.807, 2.05) is 12.3 Å². The minimum Gasteiger partial charge on any atom is -0.318 e. The van der Waals surface area contributed by atoms with Crippen LogP contribution in [-0.2, 0) is 0 Å². The maximum Gasteiger partial charge on any atom is 0.0613 e. The average Bonchev–Trinajstić information content (AvgIpc) is 2.86. The molecule has 0 fully saturated rings. The number of aryl methyl sites for hydroxylation is 1. The van der Waals surface area contributed by atoms with Crippen molar-refractivity contribution in [1.82, 2.24) is 4.57 Å². The number of hydrogen-bond donors (Lipinski definition) is 1. The molecule has 1 aromatic heterocycles. The Labute approximate surface area is 170 Å². The molecule has 1 heterocycles. The van der Waals surface area contributed by atoms with Gasteiger partial charge in [-0.1, -0.05) is 23.2 Å². The lowest BCUT2D eigenvalue weighted by atomic mass is 10.2. The second-order valence-corrected chi connectivity index (χ2v) is 7.70. The second-order valence-electron chi connectivity index (χ2n) is 5.64. The van der Waals surface area contributed by atoms with Gasteiger partial charge in [0.2, 0.25) is 0 Å². The molecule has 0 spiro atoms. The minimum atomic E-state index is 0.499. The van der Waals surface area contributed by atoms with Crippen LogP contribution < -0.4 is 5.43 Å². The van der Waals surface area contributed by atoms with Crippen LogP contribution in [-0.4, -0.2) is 10.8 Å². The minimum absolute atomic E-state index is 0.499. The van der Waals surface area contributed by atoms with E-state index in [1.54, 1.807) is 12.1 Å².